The van der Waals surface area contributed by atoms with Crippen LogP contribution in [0.25, 0.3) is 0 Å². The van der Waals surface area contributed by atoms with E-state index in [1.165, 1.54) is 22.3 Å². The number of piperidine rings is 2. The van der Waals surface area contributed by atoms with Crippen LogP contribution in [0.1, 0.15) is 99.6 Å². The van der Waals surface area contributed by atoms with Gasteiger partial charge in [-0.15, -0.1) is 12.4 Å². The number of hydrogen-bond donors (Lipinski definition) is 4. The second-order valence-corrected chi connectivity index (χ2v) is 16.3. The van der Waals surface area contributed by atoms with E-state index in [1.54, 1.807) is 0 Å². The monoisotopic (exact) mass is 886 g/mol. The Morgan fingerprint density at radius 3 is 1.14 bits per heavy atom. The molecule has 340 valence electrons. The van der Waals surface area contributed by atoms with Gasteiger partial charge in [0.05, 0.1) is 18.5 Å². The van der Waals surface area contributed by atoms with E-state index in [4.69, 9.17) is 14.9 Å². The first-order valence-electron chi connectivity index (χ1n) is 21.2. The Kier molecular flexibility index (Phi) is 22.0. The number of ether oxygens (including phenoxy) is 1. The average molecular weight is 888 g/mol. The molecule has 0 aliphatic carbocycles. The highest BCUT2D eigenvalue weighted by molar-refractivity contribution is 5.85. The highest BCUT2D eigenvalue weighted by Gasteiger charge is 2.36. The SMILES string of the molecule is C.Cl.O=C(O)CC(CC(=O)O)CC1CCN(C(c2ccccc2)c2ccccc2)CC1.O=COC(C(=O)O)C(CC(=O)O)CC1CCN(C(c2ccccc2)c2ccccc2)CC1. The van der Waals surface area contributed by atoms with Crippen LogP contribution in [-0.4, -0.2) is 92.9 Å². The van der Waals surface area contributed by atoms with Crippen molar-refractivity contribution in [3.05, 3.63) is 144 Å². The standard InChI is InChI=1S/C25H29NO6.C24H29NO4.CH4.ClH/c27-17-32-24(25(30)31)21(16-22(28)29)15-18-11-13-26(14-12-18)23(19-7-3-1-4-8-19)20-9-5-2-6-10-20;26-22(27)16-19(17-23(28)29)15-18-11-13-25(14-12-18)24(20-7-3-1-4-8-20)21-9-5-2-6-10-21;;/h1-10,17-18,21,23-24H,11-16H2,(H,28,29)(H,30,31);1-10,18-19,24H,11-17H2,(H,26,27)(H,28,29);1H4;1H. The van der Waals surface area contributed by atoms with E-state index in [0.29, 0.717) is 18.8 Å². The maximum Gasteiger partial charge on any atom is 0.345 e. The number of carbonyl (C=O) groups excluding carboxylic acids is 1. The minimum absolute atomic E-state index is 0. The molecule has 0 bridgehead atoms. The first-order chi connectivity index (χ1) is 29.5. The molecule has 12 nitrogen and oxygen atoms in total. The average Bonchev–Trinajstić information content (AvgIpc) is 3.25. The zero-order chi connectivity index (χ0) is 43.6. The number of benzene rings is 4. The molecule has 2 aliphatic heterocycles. The molecule has 2 aliphatic rings. The molecule has 63 heavy (non-hydrogen) atoms. The van der Waals surface area contributed by atoms with E-state index >= 15 is 0 Å². The summed E-state index contributed by atoms with van der Waals surface area (Å²) in [7, 11) is 0. The second kappa shape index (κ2) is 26.8. The number of nitrogens with zero attached hydrogens (tertiary/aromatic N) is 2. The van der Waals surface area contributed by atoms with Gasteiger partial charge in [-0.2, -0.15) is 0 Å². The van der Waals surface area contributed by atoms with Gasteiger partial charge >= 0.3 is 23.9 Å². The van der Waals surface area contributed by atoms with Gasteiger partial charge < -0.3 is 25.2 Å². The molecular formula is C50H63ClN2O10. The lowest BCUT2D eigenvalue weighted by Gasteiger charge is -2.39. The molecule has 2 saturated heterocycles. The summed E-state index contributed by atoms with van der Waals surface area (Å²) in [4.78, 5) is 60.7. The zero-order valence-electron chi connectivity index (χ0n) is 34.9. The highest BCUT2D eigenvalue weighted by atomic mass is 35.5. The number of halogens is 1. The van der Waals surface area contributed by atoms with Gasteiger partial charge in [0, 0.05) is 18.8 Å². The van der Waals surface area contributed by atoms with Crippen molar-refractivity contribution in [2.45, 2.75) is 83.4 Å². The fourth-order valence-corrected chi connectivity index (χ4v) is 9.26. The summed E-state index contributed by atoms with van der Waals surface area (Å²) < 4.78 is 4.73. The van der Waals surface area contributed by atoms with Crippen molar-refractivity contribution in [3.8, 4) is 0 Å². The molecule has 2 fully saturated rings. The number of carboxylic acids is 4. The van der Waals surface area contributed by atoms with Crippen LogP contribution in [0.15, 0.2) is 121 Å². The molecule has 0 saturated carbocycles. The molecular weight excluding hydrogens is 824 g/mol. The molecule has 4 aromatic rings. The van der Waals surface area contributed by atoms with E-state index in [0.717, 1.165) is 51.9 Å². The summed E-state index contributed by atoms with van der Waals surface area (Å²) in [6.45, 7) is 3.55. The van der Waals surface area contributed by atoms with Gasteiger partial charge in [-0.3, -0.25) is 29.0 Å². The number of likely N-dealkylation sites (tertiary alicyclic amines) is 2. The molecule has 0 spiro atoms. The Balaban J connectivity index is 0.000000326. The minimum Gasteiger partial charge on any atom is -0.481 e. The Hall–Kier alpha value is -5.56. The van der Waals surface area contributed by atoms with Crippen molar-refractivity contribution in [3.63, 3.8) is 0 Å². The fourth-order valence-electron chi connectivity index (χ4n) is 9.26. The number of carbonyl (C=O) groups is 5. The normalized spacial score (nSPS) is 15.8. The molecule has 2 atom stereocenters. The van der Waals surface area contributed by atoms with Crippen molar-refractivity contribution < 1.29 is 49.1 Å². The molecule has 2 unspecified atom stereocenters. The maximum absolute atomic E-state index is 11.5. The lowest BCUT2D eigenvalue weighted by atomic mass is 9.82. The Morgan fingerprint density at radius 2 is 0.857 bits per heavy atom. The van der Waals surface area contributed by atoms with Gasteiger partial charge in [0.1, 0.15) is 0 Å². The van der Waals surface area contributed by atoms with Crippen molar-refractivity contribution in [2.24, 2.45) is 23.7 Å². The summed E-state index contributed by atoms with van der Waals surface area (Å²) in [5.41, 5.74) is 4.97. The number of hydrogen-bond acceptors (Lipinski definition) is 8. The molecule has 4 aromatic carbocycles. The van der Waals surface area contributed by atoms with Crippen LogP contribution in [0, 0.1) is 23.7 Å². The lowest BCUT2D eigenvalue weighted by Crippen LogP contribution is -2.40. The van der Waals surface area contributed by atoms with Crippen molar-refractivity contribution in [1.29, 1.82) is 0 Å². The van der Waals surface area contributed by atoms with Gasteiger partial charge in [0.25, 0.3) is 6.47 Å². The van der Waals surface area contributed by atoms with Gasteiger partial charge in [-0.25, -0.2) is 4.79 Å². The van der Waals surface area contributed by atoms with Crippen LogP contribution in [0.4, 0.5) is 0 Å². The highest BCUT2D eigenvalue weighted by Crippen LogP contribution is 2.37. The molecule has 0 radical (unpaired) electrons. The van der Waals surface area contributed by atoms with Gasteiger partial charge in [0.2, 0.25) is 6.10 Å². The van der Waals surface area contributed by atoms with E-state index < -0.39 is 35.9 Å². The summed E-state index contributed by atoms with van der Waals surface area (Å²) in [6.07, 6.45) is 2.72. The van der Waals surface area contributed by atoms with Gasteiger partial charge in [0.15, 0.2) is 0 Å². The number of rotatable bonds is 20. The molecule has 0 aromatic heterocycles. The van der Waals surface area contributed by atoms with Crippen LogP contribution in [-0.2, 0) is 28.7 Å². The Bertz CT molecular complexity index is 1860. The van der Waals surface area contributed by atoms with E-state index in [-0.39, 0.29) is 69.5 Å². The van der Waals surface area contributed by atoms with Crippen LogP contribution in [0.3, 0.4) is 0 Å². The smallest absolute Gasteiger partial charge is 0.345 e. The topological polar surface area (TPSA) is 182 Å². The predicted octanol–water partition coefficient (Wildman–Crippen LogP) is 9.10. The van der Waals surface area contributed by atoms with Crippen LogP contribution in [0.5, 0.6) is 0 Å². The van der Waals surface area contributed by atoms with E-state index in [1.807, 2.05) is 48.5 Å². The molecule has 13 heteroatoms. The number of carboxylic acid groups (broad SMARTS) is 4. The molecule has 6 rings (SSSR count). The second-order valence-electron chi connectivity index (χ2n) is 16.3. The third kappa shape index (κ3) is 16.3. The first-order valence-corrected chi connectivity index (χ1v) is 21.2. The van der Waals surface area contributed by atoms with Crippen molar-refractivity contribution in [2.75, 3.05) is 26.2 Å². The summed E-state index contributed by atoms with van der Waals surface area (Å²) in [5, 5.41) is 36.8. The maximum atomic E-state index is 11.5. The summed E-state index contributed by atoms with van der Waals surface area (Å²) in [6, 6.07) is 42.0. The summed E-state index contributed by atoms with van der Waals surface area (Å²) >= 11 is 0. The zero-order valence-corrected chi connectivity index (χ0v) is 35.7. The third-order valence-corrected chi connectivity index (χ3v) is 12.0. The van der Waals surface area contributed by atoms with E-state index in [9.17, 15) is 34.2 Å². The van der Waals surface area contributed by atoms with Crippen molar-refractivity contribution >= 4 is 42.8 Å². The fraction of sp³-hybridized carbons (Fsp3) is 0.420. The van der Waals surface area contributed by atoms with Crippen LogP contribution >= 0.6 is 12.4 Å². The molecule has 0 amide bonds. The summed E-state index contributed by atoms with van der Waals surface area (Å²) in [5.74, 6) is -4.74. The predicted molar refractivity (Wildman–Crippen MR) is 244 cm³/mol. The minimum atomic E-state index is -1.44. The molecule has 4 N–H and O–H groups in total. The quantitative estimate of drug-likeness (QED) is 0.0619. The van der Waals surface area contributed by atoms with Crippen LogP contribution < -0.4 is 0 Å². The third-order valence-electron chi connectivity index (χ3n) is 12.0. The van der Waals surface area contributed by atoms with Gasteiger partial charge in [-0.1, -0.05) is 129 Å². The van der Waals surface area contributed by atoms with Gasteiger partial charge in [-0.05, 0) is 105 Å². The Labute approximate surface area is 377 Å². The first kappa shape index (κ1) is 51.8. The largest absolute Gasteiger partial charge is 0.481 e. The molecule has 2 heterocycles. The number of aliphatic carboxylic acids is 4. The Morgan fingerprint density at radius 1 is 0.540 bits per heavy atom. The van der Waals surface area contributed by atoms with E-state index in [2.05, 4.69) is 82.6 Å². The lowest BCUT2D eigenvalue weighted by molar-refractivity contribution is -0.162. The van der Waals surface area contributed by atoms with Crippen LogP contribution in [0.2, 0.25) is 0 Å². The van der Waals surface area contributed by atoms with Crippen molar-refractivity contribution in [1.82, 2.24) is 9.80 Å².